The van der Waals surface area contributed by atoms with Gasteiger partial charge in [0.05, 0.1) is 19.0 Å². The second-order valence-corrected chi connectivity index (χ2v) is 8.56. The first-order valence-electron chi connectivity index (χ1n) is 11.3. The molecule has 0 bridgehead atoms. The Morgan fingerprint density at radius 3 is 2.65 bits per heavy atom. The van der Waals surface area contributed by atoms with E-state index in [0.717, 1.165) is 52.1 Å². The molecule has 1 aromatic carbocycles. The minimum Gasteiger partial charge on any atom is -0.496 e. The van der Waals surface area contributed by atoms with E-state index in [9.17, 15) is 4.79 Å². The van der Waals surface area contributed by atoms with Gasteiger partial charge in [-0.25, -0.2) is 9.67 Å². The SMILES string of the molecule is COc1ccccc1-c1nn(CCC(=O)NC2CCCCCC2)c2nc(C)cc(C)c12. The van der Waals surface area contributed by atoms with Crippen molar-refractivity contribution >= 4 is 16.9 Å². The maximum absolute atomic E-state index is 12.7. The quantitative estimate of drug-likeness (QED) is 0.573. The fourth-order valence-corrected chi connectivity index (χ4v) is 4.63. The third kappa shape index (κ3) is 4.73. The lowest BCUT2D eigenvalue weighted by Crippen LogP contribution is -2.34. The summed E-state index contributed by atoms with van der Waals surface area (Å²) in [7, 11) is 1.67. The number of nitrogens with one attached hydrogen (secondary N) is 1. The number of benzene rings is 1. The number of aryl methyl sites for hydroxylation is 3. The van der Waals surface area contributed by atoms with E-state index in [4.69, 9.17) is 14.8 Å². The van der Waals surface area contributed by atoms with Gasteiger partial charge in [0.15, 0.2) is 5.65 Å². The highest BCUT2D eigenvalue weighted by molar-refractivity contribution is 5.95. The Morgan fingerprint density at radius 1 is 1.16 bits per heavy atom. The number of nitrogens with zero attached hydrogens (tertiary/aromatic N) is 3. The second kappa shape index (κ2) is 9.50. The van der Waals surface area contributed by atoms with Crippen molar-refractivity contribution in [2.45, 2.75) is 71.4 Å². The van der Waals surface area contributed by atoms with Gasteiger partial charge in [-0.1, -0.05) is 37.8 Å². The summed E-state index contributed by atoms with van der Waals surface area (Å²) >= 11 is 0. The molecule has 4 rings (SSSR count). The molecule has 3 aromatic rings. The van der Waals surface area contributed by atoms with Crippen LogP contribution >= 0.6 is 0 Å². The van der Waals surface area contributed by atoms with E-state index >= 15 is 0 Å². The average molecular weight is 421 g/mol. The molecule has 164 valence electrons. The lowest BCUT2D eigenvalue weighted by atomic mass is 10.0. The molecule has 0 radical (unpaired) electrons. The molecule has 6 heteroatoms. The van der Waals surface area contributed by atoms with Crippen LogP contribution in [0.2, 0.25) is 0 Å². The standard InChI is InChI=1S/C25H32N4O2/c1-17-16-18(2)26-25-23(17)24(20-12-8-9-13-21(20)31-3)28-29(25)15-14-22(30)27-19-10-6-4-5-7-11-19/h8-9,12-13,16,19H,4-7,10-11,14-15H2,1-3H3,(H,27,30). The third-order valence-corrected chi connectivity index (χ3v) is 6.16. The Bertz CT molecular complexity index is 1060. The van der Waals surface area contributed by atoms with Crippen LogP contribution in [-0.4, -0.2) is 33.8 Å². The number of hydrogen-bond donors (Lipinski definition) is 1. The lowest BCUT2D eigenvalue weighted by molar-refractivity contribution is -0.122. The minimum atomic E-state index is 0.0961. The fraction of sp³-hybridized carbons (Fsp3) is 0.480. The van der Waals surface area contributed by atoms with Crippen molar-refractivity contribution in [1.29, 1.82) is 0 Å². The summed E-state index contributed by atoms with van der Waals surface area (Å²) in [6.45, 7) is 4.58. The smallest absolute Gasteiger partial charge is 0.222 e. The molecule has 1 aliphatic carbocycles. The Hall–Kier alpha value is -2.89. The Kier molecular flexibility index (Phi) is 6.54. The van der Waals surface area contributed by atoms with Gasteiger partial charge in [-0.2, -0.15) is 5.10 Å². The van der Waals surface area contributed by atoms with Crippen molar-refractivity contribution in [3.63, 3.8) is 0 Å². The van der Waals surface area contributed by atoms with Crippen LogP contribution in [0.15, 0.2) is 30.3 Å². The zero-order valence-electron chi connectivity index (χ0n) is 18.8. The van der Waals surface area contributed by atoms with E-state index in [1.807, 2.05) is 35.9 Å². The molecule has 0 unspecified atom stereocenters. The highest BCUT2D eigenvalue weighted by atomic mass is 16.5. The van der Waals surface area contributed by atoms with Crippen LogP contribution in [0.25, 0.3) is 22.3 Å². The first-order valence-corrected chi connectivity index (χ1v) is 11.3. The number of fused-ring (bicyclic) bond motifs is 1. The molecule has 1 aliphatic rings. The number of ether oxygens (including phenoxy) is 1. The molecule has 0 spiro atoms. The number of hydrogen-bond acceptors (Lipinski definition) is 4. The van der Waals surface area contributed by atoms with Crippen LogP contribution in [-0.2, 0) is 11.3 Å². The fourth-order valence-electron chi connectivity index (χ4n) is 4.63. The summed E-state index contributed by atoms with van der Waals surface area (Å²) < 4.78 is 7.46. The van der Waals surface area contributed by atoms with Gasteiger partial charge < -0.3 is 10.1 Å². The van der Waals surface area contributed by atoms with Gasteiger partial charge in [0.25, 0.3) is 0 Å². The van der Waals surface area contributed by atoms with Crippen molar-refractivity contribution in [2.75, 3.05) is 7.11 Å². The van der Waals surface area contributed by atoms with E-state index in [1.54, 1.807) is 7.11 Å². The maximum Gasteiger partial charge on any atom is 0.222 e. The van der Waals surface area contributed by atoms with Gasteiger partial charge in [0.1, 0.15) is 11.4 Å². The van der Waals surface area contributed by atoms with Crippen LogP contribution in [0.4, 0.5) is 0 Å². The van der Waals surface area contributed by atoms with Crippen LogP contribution in [0, 0.1) is 13.8 Å². The summed E-state index contributed by atoms with van der Waals surface area (Å²) in [5.41, 5.74) is 4.67. The summed E-state index contributed by atoms with van der Waals surface area (Å²) in [6, 6.07) is 10.3. The number of carbonyl (C=O) groups excluding carboxylic acids is 1. The van der Waals surface area contributed by atoms with Crippen molar-refractivity contribution in [3.05, 3.63) is 41.6 Å². The lowest BCUT2D eigenvalue weighted by Gasteiger charge is -2.16. The molecular weight excluding hydrogens is 388 g/mol. The molecular formula is C25H32N4O2. The molecule has 1 N–H and O–H groups in total. The van der Waals surface area contributed by atoms with E-state index in [0.29, 0.717) is 19.0 Å². The normalized spacial score (nSPS) is 15.1. The summed E-state index contributed by atoms with van der Waals surface area (Å²) in [4.78, 5) is 17.4. The molecule has 2 aromatic heterocycles. The van der Waals surface area contributed by atoms with Crippen LogP contribution in [0.1, 0.15) is 56.2 Å². The number of methoxy groups -OCH3 is 1. The highest BCUT2D eigenvalue weighted by Crippen LogP contribution is 2.35. The second-order valence-electron chi connectivity index (χ2n) is 8.56. The van der Waals surface area contributed by atoms with E-state index in [1.165, 1.54) is 25.7 Å². The van der Waals surface area contributed by atoms with Gasteiger partial charge in [0, 0.05) is 23.7 Å². The largest absolute Gasteiger partial charge is 0.496 e. The van der Waals surface area contributed by atoms with Crippen LogP contribution in [0.3, 0.4) is 0 Å². The first kappa shape index (κ1) is 21.3. The van der Waals surface area contributed by atoms with Crippen LogP contribution < -0.4 is 10.1 Å². The van der Waals surface area contributed by atoms with Crippen molar-refractivity contribution < 1.29 is 9.53 Å². The monoisotopic (exact) mass is 420 g/mol. The van der Waals surface area contributed by atoms with Gasteiger partial charge in [-0.15, -0.1) is 0 Å². The van der Waals surface area contributed by atoms with Gasteiger partial charge >= 0.3 is 0 Å². The van der Waals surface area contributed by atoms with Crippen LogP contribution in [0.5, 0.6) is 5.75 Å². The molecule has 0 aliphatic heterocycles. The topological polar surface area (TPSA) is 69.0 Å². The Balaban J connectivity index is 1.61. The van der Waals surface area contributed by atoms with Crippen molar-refractivity contribution in [1.82, 2.24) is 20.1 Å². The molecule has 0 atom stereocenters. The molecule has 6 nitrogen and oxygen atoms in total. The van der Waals surface area contributed by atoms with Gasteiger partial charge in [0.2, 0.25) is 5.91 Å². The average Bonchev–Trinajstić information content (AvgIpc) is 2.92. The zero-order chi connectivity index (χ0) is 21.8. The minimum absolute atomic E-state index is 0.0961. The summed E-state index contributed by atoms with van der Waals surface area (Å²) in [6.07, 6.45) is 7.55. The molecule has 1 saturated carbocycles. The Labute approximate surface area is 184 Å². The van der Waals surface area contributed by atoms with Crippen molar-refractivity contribution in [3.8, 4) is 17.0 Å². The van der Waals surface area contributed by atoms with E-state index in [-0.39, 0.29) is 5.91 Å². The summed E-state index contributed by atoms with van der Waals surface area (Å²) in [5, 5.41) is 9.15. The van der Waals surface area contributed by atoms with E-state index < -0.39 is 0 Å². The summed E-state index contributed by atoms with van der Waals surface area (Å²) in [5.74, 6) is 0.874. The molecule has 1 fully saturated rings. The van der Waals surface area contributed by atoms with Gasteiger partial charge in [-0.3, -0.25) is 4.79 Å². The molecule has 2 heterocycles. The number of rotatable bonds is 6. The molecule has 31 heavy (non-hydrogen) atoms. The molecule has 1 amide bonds. The zero-order valence-corrected chi connectivity index (χ0v) is 18.8. The number of carbonyl (C=O) groups is 1. The van der Waals surface area contributed by atoms with Crippen molar-refractivity contribution in [2.24, 2.45) is 0 Å². The predicted molar refractivity (Wildman–Crippen MR) is 123 cm³/mol. The highest BCUT2D eigenvalue weighted by Gasteiger charge is 2.20. The Morgan fingerprint density at radius 2 is 1.90 bits per heavy atom. The van der Waals surface area contributed by atoms with E-state index in [2.05, 4.69) is 18.3 Å². The maximum atomic E-state index is 12.7. The third-order valence-electron chi connectivity index (χ3n) is 6.16. The number of para-hydroxylation sites is 1. The van der Waals surface area contributed by atoms with Gasteiger partial charge in [-0.05, 0) is 50.5 Å². The number of amides is 1. The molecule has 0 saturated heterocycles. The number of pyridine rings is 1. The predicted octanol–water partition coefficient (Wildman–Crippen LogP) is 4.95. The number of aromatic nitrogens is 3. The first-order chi connectivity index (χ1) is 15.1.